The van der Waals surface area contributed by atoms with Crippen molar-refractivity contribution in [2.24, 2.45) is 0 Å². The van der Waals surface area contributed by atoms with E-state index in [2.05, 4.69) is 254 Å². The molecule has 328 valence electrons. The lowest BCUT2D eigenvalue weighted by atomic mass is 9.67. The summed E-state index contributed by atoms with van der Waals surface area (Å²) < 4.78 is 13.7. The molecule has 14 rings (SSSR count). The Morgan fingerprint density at radius 3 is 1.63 bits per heavy atom. The van der Waals surface area contributed by atoms with E-state index in [1.165, 1.54) is 38.9 Å². The monoisotopic (exact) mass is 893 g/mol. The standard InChI is InChI=1S/C67H43NO2/c1-5-19-44(20-6-1)47-23-17-28-51(41-47)68(52-39-40-55-54-29-13-15-33-59(54)67(60(55)42-52,48-24-9-3-10-25-48)49-26-11-4-12-27-49)50-37-35-45(36-38-50)53-31-18-32-56-58-43-62-64(57-30-14-16-34-61(57)69-62)63(66(58)70-65(53)56)46-21-7-2-8-22-46/h1-43H. The van der Waals surface area contributed by atoms with Crippen molar-refractivity contribution in [1.29, 1.82) is 0 Å². The number of anilines is 3. The fourth-order valence-electron chi connectivity index (χ4n) is 11.5. The van der Waals surface area contributed by atoms with E-state index in [0.29, 0.717) is 0 Å². The number of rotatable bonds is 8. The smallest absolute Gasteiger partial charge is 0.144 e. The zero-order chi connectivity index (χ0) is 46.2. The number of para-hydroxylation sites is 2. The summed E-state index contributed by atoms with van der Waals surface area (Å²) in [6.45, 7) is 0. The topological polar surface area (TPSA) is 29.5 Å². The number of fused-ring (bicyclic) bond motifs is 9. The van der Waals surface area contributed by atoms with Gasteiger partial charge in [0, 0.05) is 49.7 Å². The van der Waals surface area contributed by atoms with E-state index in [4.69, 9.17) is 8.83 Å². The highest BCUT2D eigenvalue weighted by Gasteiger charge is 2.46. The molecule has 1 aliphatic carbocycles. The van der Waals surface area contributed by atoms with Crippen LogP contribution in [0.2, 0.25) is 0 Å². The van der Waals surface area contributed by atoms with E-state index < -0.39 is 5.41 Å². The molecule has 0 saturated carbocycles. The Bertz CT molecular complexity index is 4060. The molecule has 0 atom stereocenters. The van der Waals surface area contributed by atoms with Crippen molar-refractivity contribution < 1.29 is 8.83 Å². The molecule has 0 saturated heterocycles. The molecular formula is C67H43NO2. The molecule has 0 aliphatic heterocycles. The SMILES string of the molecule is c1ccc(-c2cccc(N(c3ccc(-c4cccc5c4oc4c(-c6ccccc6)c6c(cc45)oc4ccccc46)cc3)c3ccc4c(c3)C(c3ccccc3)(c3ccccc3)c3ccccc3-4)c2)cc1. The molecule has 11 aromatic carbocycles. The third-order valence-corrected chi connectivity index (χ3v) is 14.5. The summed E-state index contributed by atoms with van der Waals surface area (Å²) in [4.78, 5) is 2.41. The molecule has 0 fully saturated rings. The van der Waals surface area contributed by atoms with Crippen molar-refractivity contribution in [1.82, 2.24) is 0 Å². The molecule has 2 aromatic heterocycles. The largest absolute Gasteiger partial charge is 0.456 e. The summed E-state index contributed by atoms with van der Waals surface area (Å²) in [6.07, 6.45) is 0. The number of hydrogen-bond donors (Lipinski definition) is 0. The molecule has 0 N–H and O–H groups in total. The Hall–Kier alpha value is -9.18. The third-order valence-electron chi connectivity index (χ3n) is 14.5. The maximum atomic E-state index is 7.13. The van der Waals surface area contributed by atoms with Crippen LogP contribution < -0.4 is 4.90 Å². The molecule has 3 nitrogen and oxygen atoms in total. The van der Waals surface area contributed by atoms with Crippen LogP contribution in [0.1, 0.15) is 22.3 Å². The zero-order valence-corrected chi connectivity index (χ0v) is 38.1. The summed E-state index contributed by atoms with van der Waals surface area (Å²) in [6, 6.07) is 94.1. The minimum atomic E-state index is -0.535. The van der Waals surface area contributed by atoms with Crippen molar-refractivity contribution in [3.05, 3.63) is 283 Å². The Balaban J connectivity index is 0.953. The average Bonchev–Trinajstić information content (AvgIpc) is 4.10. The molecule has 0 unspecified atom stereocenters. The van der Waals surface area contributed by atoms with Gasteiger partial charge < -0.3 is 13.7 Å². The molecule has 0 amide bonds. The summed E-state index contributed by atoms with van der Waals surface area (Å²) in [5.41, 5.74) is 20.2. The van der Waals surface area contributed by atoms with Crippen LogP contribution in [0.4, 0.5) is 17.1 Å². The predicted octanol–water partition coefficient (Wildman–Crippen LogP) is 18.3. The Kier molecular flexibility index (Phi) is 9.11. The molecule has 70 heavy (non-hydrogen) atoms. The first-order valence-corrected chi connectivity index (χ1v) is 24.0. The summed E-state index contributed by atoms with van der Waals surface area (Å²) in [5.74, 6) is 0. The fourth-order valence-corrected chi connectivity index (χ4v) is 11.5. The third kappa shape index (κ3) is 6.08. The Morgan fingerprint density at radius 2 is 0.871 bits per heavy atom. The van der Waals surface area contributed by atoms with Crippen molar-refractivity contribution in [2.75, 3.05) is 4.90 Å². The van der Waals surface area contributed by atoms with Gasteiger partial charge in [-0.2, -0.15) is 0 Å². The van der Waals surface area contributed by atoms with Crippen LogP contribution in [-0.4, -0.2) is 0 Å². The molecule has 1 aliphatic rings. The quantitative estimate of drug-likeness (QED) is 0.152. The number of furan rings is 2. The second-order valence-electron chi connectivity index (χ2n) is 18.3. The van der Waals surface area contributed by atoms with E-state index in [-0.39, 0.29) is 0 Å². The van der Waals surface area contributed by atoms with Gasteiger partial charge in [0.25, 0.3) is 0 Å². The normalized spacial score (nSPS) is 12.7. The van der Waals surface area contributed by atoms with Gasteiger partial charge in [0.05, 0.1) is 5.41 Å². The van der Waals surface area contributed by atoms with Crippen LogP contribution in [0.15, 0.2) is 270 Å². The lowest BCUT2D eigenvalue weighted by Gasteiger charge is -2.35. The highest BCUT2D eigenvalue weighted by atomic mass is 16.3. The van der Waals surface area contributed by atoms with Gasteiger partial charge in [-0.25, -0.2) is 0 Å². The van der Waals surface area contributed by atoms with Gasteiger partial charge in [0.15, 0.2) is 0 Å². The summed E-state index contributed by atoms with van der Waals surface area (Å²) in [7, 11) is 0. The van der Waals surface area contributed by atoms with Crippen molar-refractivity contribution in [2.45, 2.75) is 5.41 Å². The molecule has 2 heterocycles. The minimum Gasteiger partial charge on any atom is -0.456 e. The van der Waals surface area contributed by atoms with Crippen LogP contribution >= 0.6 is 0 Å². The highest BCUT2D eigenvalue weighted by Crippen LogP contribution is 2.57. The van der Waals surface area contributed by atoms with E-state index in [9.17, 15) is 0 Å². The fraction of sp³-hybridized carbons (Fsp3) is 0.0149. The van der Waals surface area contributed by atoms with Crippen LogP contribution in [0.5, 0.6) is 0 Å². The van der Waals surface area contributed by atoms with Crippen LogP contribution in [-0.2, 0) is 5.41 Å². The second-order valence-corrected chi connectivity index (χ2v) is 18.3. The van der Waals surface area contributed by atoms with Gasteiger partial charge >= 0.3 is 0 Å². The maximum Gasteiger partial charge on any atom is 0.144 e. The maximum absolute atomic E-state index is 7.13. The second kappa shape index (κ2) is 16.0. The molecule has 13 aromatic rings. The van der Waals surface area contributed by atoms with Gasteiger partial charge in [0.1, 0.15) is 22.3 Å². The van der Waals surface area contributed by atoms with Gasteiger partial charge in [-0.15, -0.1) is 0 Å². The first-order valence-electron chi connectivity index (χ1n) is 24.0. The van der Waals surface area contributed by atoms with E-state index >= 15 is 0 Å². The van der Waals surface area contributed by atoms with Crippen molar-refractivity contribution in [3.8, 4) is 44.5 Å². The Morgan fingerprint density at radius 1 is 0.300 bits per heavy atom. The summed E-state index contributed by atoms with van der Waals surface area (Å²) in [5, 5.41) is 4.22. The zero-order valence-electron chi connectivity index (χ0n) is 38.1. The van der Waals surface area contributed by atoms with Crippen molar-refractivity contribution in [3.63, 3.8) is 0 Å². The highest BCUT2D eigenvalue weighted by molar-refractivity contribution is 6.24. The van der Waals surface area contributed by atoms with E-state index in [1.807, 2.05) is 12.1 Å². The van der Waals surface area contributed by atoms with Gasteiger partial charge in [-0.05, 0) is 104 Å². The van der Waals surface area contributed by atoms with Crippen LogP contribution in [0.25, 0.3) is 88.4 Å². The molecular weight excluding hydrogens is 851 g/mol. The first-order chi connectivity index (χ1) is 34.7. The predicted molar refractivity (Wildman–Crippen MR) is 289 cm³/mol. The van der Waals surface area contributed by atoms with Crippen LogP contribution in [0, 0.1) is 0 Å². The lowest BCUT2D eigenvalue weighted by molar-refractivity contribution is 0.665. The van der Waals surface area contributed by atoms with E-state index in [1.54, 1.807) is 0 Å². The first kappa shape index (κ1) is 39.9. The van der Waals surface area contributed by atoms with Gasteiger partial charge in [0.2, 0.25) is 0 Å². The van der Waals surface area contributed by atoms with E-state index in [0.717, 1.165) is 88.8 Å². The van der Waals surface area contributed by atoms with Crippen LogP contribution in [0.3, 0.4) is 0 Å². The summed E-state index contributed by atoms with van der Waals surface area (Å²) >= 11 is 0. The minimum absolute atomic E-state index is 0.535. The Labute approximate surface area is 405 Å². The van der Waals surface area contributed by atoms with Gasteiger partial charge in [-0.1, -0.05) is 212 Å². The molecule has 0 radical (unpaired) electrons. The number of benzene rings is 11. The lowest BCUT2D eigenvalue weighted by Crippen LogP contribution is -2.28. The number of nitrogens with zero attached hydrogens (tertiary/aromatic N) is 1. The molecule has 0 spiro atoms. The van der Waals surface area contributed by atoms with Crippen molar-refractivity contribution >= 4 is 60.9 Å². The van der Waals surface area contributed by atoms with Gasteiger partial charge in [-0.3, -0.25) is 0 Å². The number of hydrogen-bond acceptors (Lipinski definition) is 3. The average molecular weight is 894 g/mol. The molecule has 3 heteroatoms. The molecule has 0 bridgehead atoms.